The van der Waals surface area contributed by atoms with Crippen molar-refractivity contribution in [2.45, 2.75) is 13.8 Å². The molecule has 0 aromatic carbocycles. The summed E-state index contributed by atoms with van der Waals surface area (Å²) >= 11 is 0. The first kappa shape index (κ1) is 12.7. The van der Waals surface area contributed by atoms with Gasteiger partial charge in [-0.2, -0.15) is 0 Å². The first-order valence-corrected chi connectivity index (χ1v) is 5.44. The van der Waals surface area contributed by atoms with E-state index in [1.807, 2.05) is 0 Å². The minimum absolute atomic E-state index is 0.0150. The maximum absolute atomic E-state index is 11.6. The number of pyridine rings is 1. The predicted octanol–water partition coefficient (Wildman–Crippen LogP) is 0.0641. The molecule has 0 saturated heterocycles. The van der Waals surface area contributed by atoms with Gasteiger partial charge in [0.25, 0.3) is 17.4 Å². The Bertz CT molecular complexity index is 697. The second kappa shape index (κ2) is 4.52. The van der Waals surface area contributed by atoms with Crippen LogP contribution in [0.1, 0.15) is 12.5 Å². The Hall–Kier alpha value is -2.70. The smallest absolute Gasteiger partial charge is 0.276 e. The molecular formula is C12H11N3O4. The normalized spacial score (nSPS) is 17.4. The van der Waals surface area contributed by atoms with Gasteiger partial charge in [0.2, 0.25) is 0 Å². The molecule has 1 aromatic rings. The predicted molar refractivity (Wildman–Crippen MR) is 67.5 cm³/mol. The molecule has 7 nitrogen and oxygen atoms in total. The highest BCUT2D eigenvalue weighted by Gasteiger charge is 2.21. The quantitative estimate of drug-likeness (QED) is 0.621. The van der Waals surface area contributed by atoms with E-state index in [-0.39, 0.29) is 17.3 Å². The Morgan fingerprint density at radius 3 is 2.53 bits per heavy atom. The minimum Gasteiger partial charge on any atom is -0.494 e. The number of aromatic hydroxyl groups is 1. The molecule has 0 fully saturated rings. The van der Waals surface area contributed by atoms with Crippen molar-refractivity contribution in [1.82, 2.24) is 10.3 Å². The van der Waals surface area contributed by atoms with E-state index in [1.165, 1.54) is 19.1 Å². The van der Waals surface area contributed by atoms with Gasteiger partial charge in [-0.15, -0.1) is 0 Å². The summed E-state index contributed by atoms with van der Waals surface area (Å²) in [5.74, 6) is -1.40. The summed E-state index contributed by atoms with van der Waals surface area (Å²) in [7, 11) is 0. The monoisotopic (exact) mass is 261 g/mol. The zero-order valence-electron chi connectivity index (χ0n) is 10.3. The summed E-state index contributed by atoms with van der Waals surface area (Å²) < 4.78 is 0. The number of aromatic nitrogens is 1. The van der Waals surface area contributed by atoms with Crippen molar-refractivity contribution >= 4 is 23.2 Å². The standard InChI is InChI=1S/C12H11N3O4/c1-5-3-7(11(18)14-9(5)16)13-8-4-6(2)10(17)15-12(8)19/h3-4H,1-2H3,(H,14,16,18)(H2,15,17,19)/b13-7+. The molecule has 2 amide bonds. The number of aryl methyl sites for hydroxylation is 1. The molecule has 2 rings (SSSR count). The van der Waals surface area contributed by atoms with E-state index in [0.29, 0.717) is 11.1 Å². The first-order valence-electron chi connectivity index (χ1n) is 5.44. The van der Waals surface area contributed by atoms with Crippen molar-refractivity contribution in [2.75, 3.05) is 0 Å². The van der Waals surface area contributed by atoms with Crippen LogP contribution in [0.5, 0.6) is 5.88 Å². The number of carbonyl (C=O) groups is 2. The molecule has 0 unspecified atom stereocenters. The molecule has 0 atom stereocenters. The van der Waals surface area contributed by atoms with Gasteiger partial charge in [-0.25, -0.2) is 4.99 Å². The third-order valence-electron chi connectivity index (χ3n) is 2.60. The van der Waals surface area contributed by atoms with Crippen molar-refractivity contribution in [3.05, 3.63) is 33.6 Å². The van der Waals surface area contributed by atoms with Crippen LogP contribution in [0, 0.1) is 6.92 Å². The molecule has 1 aromatic heterocycles. The molecule has 0 radical (unpaired) electrons. The van der Waals surface area contributed by atoms with Crippen LogP contribution < -0.4 is 10.9 Å². The van der Waals surface area contributed by atoms with Crippen molar-refractivity contribution < 1.29 is 14.7 Å². The molecule has 1 aliphatic rings. The zero-order valence-corrected chi connectivity index (χ0v) is 10.3. The van der Waals surface area contributed by atoms with E-state index in [9.17, 15) is 19.5 Å². The Morgan fingerprint density at radius 1 is 1.16 bits per heavy atom. The number of carbonyl (C=O) groups excluding carboxylic acids is 2. The molecule has 19 heavy (non-hydrogen) atoms. The average Bonchev–Trinajstić information content (AvgIpc) is 2.32. The van der Waals surface area contributed by atoms with Gasteiger partial charge in [-0.1, -0.05) is 0 Å². The fourth-order valence-corrected chi connectivity index (χ4v) is 1.51. The number of aliphatic imine (C=N–C) groups is 1. The third kappa shape index (κ3) is 2.44. The number of amides is 2. The van der Waals surface area contributed by atoms with Crippen LogP contribution in [-0.4, -0.2) is 27.6 Å². The van der Waals surface area contributed by atoms with E-state index in [0.717, 1.165) is 0 Å². The number of hydrogen-bond donors (Lipinski definition) is 3. The van der Waals surface area contributed by atoms with Crippen molar-refractivity contribution in [1.29, 1.82) is 0 Å². The van der Waals surface area contributed by atoms with Gasteiger partial charge in [0, 0.05) is 11.1 Å². The molecule has 1 aliphatic heterocycles. The summed E-state index contributed by atoms with van der Waals surface area (Å²) in [5, 5.41) is 11.4. The highest BCUT2D eigenvalue weighted by atomic mass is 16.3. The summed E-state index contributed by atoms with van der Waals surface area (Å²) in [6.45, 7) is 3.12. The summed E-state index contributed by atoms with van der Waals surface area (Å²) in [5.41, 5.74) is 0.0788. The Kier molecular flexibility index (Phi) is 3.04. The Balaban J connectivity index is 2.53. The number of hydrogen-bond acceptors (Lipinski definition) is 5. The molecule has 0 saturated carbocycles. The van der Waals surface area contributed by atoms with E-state index in [4.69, 9.17) is 0 Å². The van der Waals surface area contributed by atoms with Gasteiger partial charge in [0.15, 0.2) is 5.88 Å². The lowest BCUT2D eigenvalue weighted by atomic mass is 10.1. The molecule has 0 bridgehead atoms. The number of imide groups is 1. The molecule has 2 heterocycles. The number of rotatable bonds is 1. The molecule has 0 spiro atoms. The van der Waals surface area contributed by atoms with Crippen LogP contribution in [0.3, 0.4) is 0 Å². The van der Waals surface area contributed by atoms with Crippen LogP contribution in [0.15, 0.2) is 27.5 Å². The van der Waals surface area contributed by atoms with E-state index < -0.39 is 17.4 Å². The summed E-state index contributed by atoms with van der Waals surface area (Å²) in [4.78, 5) is 40.4. The Labute approximate surface area is 107 Å². The number of nitrogens with zero attached hydrogens (tertiary/aromatic N) is 1. The number of nitrogens with one attached hydrogen (secondary N) is 2. The van der Waals surface area contributed by atoms with Gasteiger partial charge >= 0.3 is 0 Å². The third-order valence-corrected chi connectivity index (χ3v) is 2.60. The number of H-pyrrole nitrogens is 1. The van der Waals surface area contributed by atoms with Crippen molar-refractivity contribution in [3.8, 4) is 5.88 Å². The Morgan fingerprint density at radius 2 is 1.84 bits per heavy atom. The second-order valence-electron chi connectivity index (χ2n) is 4.12. The largest absolute Gasteiger partial charge is 0.494 e. The maximum Gasteiger partial charge on any atom is 0.276 e. The second-order valence-corrected chi connectivity index (χ2v) is 4.12. The lowest BCUT2D eigenvalue weighted by Gasteiger charge is -2.10. The van der Waals surface area contributed by atoms with Gasteiger partial charge < -0.3 is 5.11 Å². The lowest BCUT2D eigenvalue weighted by Crippen LogP contribution is -2.40. The summed E-state index contributed by atoms with van der Waals surface area (Å²) in [6, 6.07) is 1.36. The maximum atomic E-state index is 11.6. The fourth-order valence-electron chi connectivity index (χ4n) is 1.51. The van der Waals surface area contributed by atoms with E-state index in [2.05, 4.69) is 15.3 Å². The molecule has 0 aliphatic carbocycles. The van der Waals surface area contributed by atoms with Crippen LogP contribution in [-0.2, 0) is 9.59 Å². The van der Waals surface area contributed by atoms with Gasteiger partial charge in [-0.05, 0) is 26.0 Å². The zero-order chi connectivity index (χ0) is 14.2. The minimum atomic E-state index is -0.666. The average molecular weight is 261 g/mol. The van der Waals surface area contributed by atoms with Crippen molar-refractivity contribution in [3.63, 3.8) is 0 Å². The molecule has 3 N–H and O–H groups in total. The van der Waals surface area contributed by atoms with Crippen molar-refractivity contribution in [2.24, 2.45) is 4.99 Å². The topological polar surface area (TPSA) is 112 Å². The summed E-state index contributed by atoms with van der Waals surface area (Å²) in [6.07, 6.45) is 1.31. The van der Waals surface area contributed by atoms with Crippen LogP contribution in [0.4, 0.5) is 5.69 Å². The first-order chi connectivity index (χ1) is 8.88. The van der Waals surface area contributed by atoms with Gasteiger partial charge in [-0.3, -0.25) is 24.7 Å². The highest BCUT2D eigenvalue weighted by Crippen LogP contribution is 2.16. The van der Waals surface area contributed by atoms with Crippen LogP contribution in [0.2, 0.25) is 0 Å². The highest BCUT2D eigenvalue weighted by molar-refractivity contribution is 6.49. The lowest BCUT2D eigenvalue weighted by molar-refractivity contribution is -0.125. The van der Waals surface area contributed by atoms with Crippen LogP contribution >= 0.6 is 0 Å². The molecule has 98 valence electrons. The van der Waals surface area contributed by atoms with Crippen LogP contribution in [0.25, 0.3) is 0 Å². The van der Waals surface area contributed by atoms with Gasteiger partial charge in [0.05, 0.1) is 0 Å². The number of aromatic amines is 1. The molecule has 7 heteroatoms. The SMILES string of the molecule is CC1=C/C(=N\c2cc(C)c(O)[nH]c2=O)C(=O)NC1=O. The van der Waals surface area contributed by atoms with E-state index in [1.54, 1.807) is 6.92 Å². The van der Waals surface area contributed by atoms with E-state index >= 15 is 0 Å². The fraction of sp³-hybridized carbons (Fsp3) is 0.167. The van der Waals surface area contributed by atoms with Gasteiger partial charge in [0.1, 0.15) is 11.4 Å². The molecular weight excluding hydrogens is 250 g/mol.